The van der Waals surface area contributed by atoms with Gasteiger partial charge < -0.3 is 24.5 Å². The van der Waals surface area contributed by atoms with Crippen LogP contribution in [0.4, 0.5) is 4.79 Å². The zero-order valence-electron chi connectivity index (χ0n) is 26.3. The predicted octanol–water partition coefficient (Wildman–Crippen LogP) is 5.12. The summed E-state index contributed by atoms with van der Waals surface area (Å²) >= 11 is 0. The molecule has 0 fully saturated rings. The largest absolute Gasteiger partial charge is 0.480 e. The monoisotopic (exact) mass is 611 g/mol. The van der Waals surface area contributed by atoms with E-state index in [1.54, 1.807) is 0 Å². The number of fused-ring (bicyclic) bond motifs is 3. The highest BCUT2D eigenvalue weighted by molar-refractivity contribution is 5.91. The molecule has 0 radical (unpaired) electrons. The van der Waals surface area contributed by atoms with E-state index < -0.39 is 36.5 Å². The van der Waals surface area contributed by atoms with E-state index in [1.807, 2.05) is 86.7 Å². The third kappa shape index (κ3) is 8.17. The van der Waals surface area contributed by atoms with Gasteiger partial charge in [-0.2, -0.15) is 0 Å². The van der Waals surface area contributed by atoms with Crippen LogP contribution in [0.5, 0.6) is 0 Å². The van der Waals surface area contributed by atoms with Gasteiger partial charge in [0, 0.05) is 33.0 Å². The Balaban J connectivity index is 1.50. The van der Waals surface area contributed by atoms with E-state index >= 15 is 0 Å². The zero-order valence-corrected chi connectivity index (χ0v) is 26.3. The number of benzene rings is 3. The van der Waals surface area contributed by atoms with Crippen LogP contribution >= 0.6 is 0 Å². The molecule has 0 saturated heterocycles. The Hall–Kier alpha value is -4.92. The summed E-state index contributed by atoms with van der Waals surface area (Å²) in [5, 5.41) is 9.33. The fourth-order valence-electron chi connectivity index (χ4n) is 5.71. The van der Waals surface area contributed by atoms with Crippen molar-refractivity contribution >= 4 is 23.9 Å². The third-order valence-electron chi connectivity index (χ3n) is 8.07. The second kappa shape index (κ2) is 15.2. The minimum absolute atomic E-state index is 0.116. The van der Waals surface area contributed by atoms with E-state index in [1.165, 1.54) is 23.9 Å². The van der Waals surface area contributed by atoms with Crippen molar-refractivity contribution in [2.24, 2.45) is 0 Å². The van der Waals surface area contributed by atoms with Crippen LogP contribution in [0.3, 0.4) is 0 Å². The molecule has 0 aromatic heterocycles. The highest BCUT2D eigenvalue weighted by Gasteiger charge is 2.34. The fraction of sp³-hybridized carbons (Fsp3) is 0.333. The number of carboxylic acids is 1. The van der Waals surface area contributed by atoms with Gasteiger partial charge in [0.15, 0.2) is 0 Å². The Morgan fingerprint density at radius 3 is 2.04 bits per heavy atom. The number of nitrogens with zero attached hydrogens (tertiary/aromatic N) is 3. The number of ether oxygens (including phenoxy) is 1. The number of likely N-dealkylation sites (N-methyl/N-ethyl adjacent to an activating group) is 2. The molecule has 0 bridgehead atoms. The summed E-state index contributed by atoms with van der Waals surface area (Å²) in [5.41, 5.74) is 6.29. The van der Waals surface area contributed by atoms with Gasteiger partial charge in [-0.1, -0.05) is 90.5 Å². The first-order valence-electron chi connectivity index (χ1n) is 15.1. The lowest BCUT2D eigenvalue weighted by Crippen LogP contribution is -2.54. The average molecular weight is 612 g/mol. The van der Waals surface area contributed by atoms with Gasteiger partial charge in [-0.05, 0) is 48.1 Å². The van der Waals surface area contributed by atoms with Crippen molar-refractivity contribution in [2.45, 2.75) is 38.6 Å². The van der Waals surface area contributed by atoms with Crippen LogP contribution in [0.1, 0.15) is 41.5 Å². The number of hydrogen-bond donors (Lipinski definition) is 1. The highest BCUT2D eigenvalue weighted by Crippen LogP contribution is 2.44. The predicted molar refractivity (Wildman–Crippen MR) is 173 cm³/mol. The van der Waals surface area contributed by atoms with Gasteiger partial charge >= 0.3 is 12.1 Å². The van der Waals surface area contributed by atoms with Crippen LogP contribution in [0, 0.1) is 6.92 Å². The van der Waals surface area contributed by atoms with E-state index in [0.717, 1.165) is 38.3 Å². The van der Waals surface area contributed by atoms with E-state index in [0.29, 0.717) is 6.42 Å². The minimum atomic E-state index is -1.15. The second-order valence-electron chi connectivity index (χ2n) is 11.4. The molecule has 3 aromatic carbocycles. The summed E-state index contributed by atoms with van der Waals surface area (Å²) in [6.07, 6.45) is 3.78. The number of carbonyl (C=O) groups is 4. The quantitative estimate of drug-likeness (QED) is 0.269. The van der Waals surface area contributed by atoms with Crippen molar-refractivity contribution in [2.75, 3.05) is 40.3 Å². The maximum atomic E-state index is 13.8. The summed E-state index contributed by atoms with van der Waals surface area (Å²) in [7, 11) is 2.91. The first-order valence-corrected chi connectivity index (χ1v) is 15.1. The topological polar surface area (TPSA) is 107 Å². The molecule has 0 saturated carbocycles. The van der Waals surface area contributed by atoms with Gasteiger partial charge in [0.2, 0.25) is 11.8 Å². The third-order valence-corrected chi connectivity index (χ3v) is 8.07. The van der Waals surface area contributed by atoms with Gasteiger partial charge in [-0.15, -0.1) is 0 Å². The molecule has 1 unspecified atom stereocenters. The van der Waals surface area contributed by atoms with Crippen molar-refractivity contribution in [1.82, 2.24) is 14.7 Å². The van der Waals surface area contributed by atoms with Crippen molar-refractivity contribution in [3.05, 3.63) is 107 Å². The van der Waals surface area contributed by atoms with Crippen molar-refractivity contribution in [1.29, 1.82) is 0 Å². The van der Waals surface area contributed by atoms with Gasteiger partial charge in [0.1, 0.15) is 25.7 Å². The minimum Gasteiger partial charge on any atom is -0.480 e. The number of carboxylic acid groups (broad SMARTS) is 1. The molecular formula is C36H41N3O6. The summed E-state index contributed by atoms with van der Waals surface area (Å²) in [4.78, 5) is 55.9. The Bertz CT molecular complexity index is 1500. The molecule has 0 aliphatic heterocycles. The maximum absolute atomic E-state index is 13.8. The highest BCUT2D eigenvalue weighted by atomic mass is 16.6. The van der Waals surface area contributed by atoms with Crippen molar-refractivity contribution < 1.29 is 29.0 Å². The summed E-state index contributed by atoms with van der Waals surface area (Å²) in [6, 6.07) is 22.8. The lowest BCUT2D eigenvalue weighted by Gasteiger charge is -2.34. The number of amides is 3. The molecule has 0 spiro atoms. The molecule has 1 aliphatic carbocycles. The normalized spacial score (nSPS) is 12.7. The van der Waals surface area contributed by atoms with Crippen LogP contribution in [0.2, 0.25) is 0 Å². The Kier molecular flexibility index (Phi) is 11.1. The molecule has 0 heterocycles. The molecule has 3 amide bonds. The molecule has 1 N–H and O–H groups in total. The van der Waals surface area contributed by atoms with Gasteiger partial charge in [0.05, 0.1) is 0 Å². The van der Waals surface area contributed by atoms with E-state index in [2.05, 4.69) is 12.1 Å². The van der Waals surface area contributed by atoms with Crippen LogP contribution < -0.4 is 0 Å². The Morgan fingerprint density at radius 1 is 0.867 bits per heavy atom. The van der Waals surface area contributed by atoms with E-state index in [-0.39, 0.29) is 32.0 Å². The summed E-state index contributed by atoms with van der Waals surface area (Å²) < 4.78 is 5.74. The van der Waals surface area contributed by atoms with E-state index in [9.17, 15) is 24.3 Å². The van der Waals surface area contributed by atoms with E-state index in [4.69, 9.17) is 4.74 Å². The number of aryl methyl sites for hydroxylation is 1. The molecule has 1 aliphatic rings. The lowest BCUT2D eigenvalue weighted by atomic mass is 9.98. The number of aliphatic carboxylic acids is 1. The first-order chi connectivity index (χ1) is 21.6. The molecule has 3 aromatic rings. The van der Waals surface area contributed by atoms with Gasteiger partial charge in [-0.3, -0.25) is 14.4 Å². The fourth-order valence-corrected chi connectivity index (χ4v) is 5.71. The zero-order chi connectivity index (χ0) is 32.5. The SMILES string of the molecule is C/C=C\CCN(C(=O)CN(C)C(=O)OCC1c2ccccc2-c2ccccc21)C(Cc1ccc(C)cc1)C(=O)N(C)CC(=O)O. The molecular weight excluding hydrogens is 570 g/mol. The molecule has 236 valence electrons. The first kappa shape index (κ1) is 33.0. The Labute approximate surface area is 264 Å². The van der Waals surface area contributed by atoms with Crippen LogP contribution in [0.25, 0.3) is 11.1 Å². The van der Waals surface area contributed by atoms with Crippen LogP contribution in [-0.2, 0) is 25.5 Å². The summed E-state index contributed by atoms with van der Waals surface area (Å²) in [5.74, 6) is -2.20. The average Bonchev–Trinajstić information content (AvgIpc) is 3.34. The maximum Gasteiger partial charge on any atom is 0.409 e. The number of allylic oxidation sites excluding steroid dienone is 1. The Morgan fingerprint density at radius 2 is 1.47 bits per heavy atom. The van der Waals surface area contributed by atoms with Crippen molar-refractivity contribution in [3.8, 4) is 11.1 Å². The number of rotatable bonds is 13. The molecule has 1 atom stereocenters. The van der Waals surface area contributed by atoms with Crippen LogP contribution in [-0.4, -0.2) is 90.1 Å². The molecule has 9 nitrogen and oxygen atoms in total. The molecule has 4 rings (SSSR count). The smallest absolute Gasteiger partial charge is 0.409 e. The van der Waals surface area contributed by atoms with Crippen LogP contribution in [0.15, 0.2) is 84.9 Å². The lowest BCUT2D eigenvalue weighted by molar-refractivity contribution is -0.149. The molecule has 9 heteroatoms. The standard InChI is InChI=1S/C36H41N3O6/c1-5-6-11-20-39(32(35(43)37(3)23-34(41)42)21-26-18-16-25(2)17-19-26)33(40)22-38(4)36(44)45-24-31-29-14-9-7-12-27(29)28-13-8-10-15-30(28)31/h5-10,12-19,31-32H,11,20-24H2,1-4H3,(H,41,42)/b6-5-. The molecule has 45 heavy (non-hydrogen) atoms. The van der Waals surface area contributed by atoms with Gasteiger partial charge in [-0.25, -0.2) is 4.79 Å². The van der Waals surface area contributed by atoms with Gasteiger partial charge in [0.25, 0.3) is 0 Å². The van der Waals surface area contributed by atoms with Crippen molar-refractivity contribution in [3.63, 3.8) is 0 Å². The number of hydrogen-bond acceptors (Lipinski definition) is 5. The number of carbonyl (C=O) groups excluding carboxylic acids is 3. The summed E-state index contributed by atoms with van der Waals surface area (Å²) in [6.45, 7) is 3.34. The second-order valence-corrected chi connectivity index (χ2v) is 11.4.